The van der Waals surface area contributed by atoms with Gasteiger partial charge in [-0.15, -0.1) is 0 Å². The molecule has 0 bridgehead atoms. The molecule has 0 radical (unpaired) electrons. The van der Waals surface area contributed by atoms with Gasteiger partial charge in [-0.2, -0.15) is 5.26 Å². The van der Waals surface area contributed by atoms with Crippen LogP contribution in [0.15, 0.2) is 46.4 Å². The third kappa shape index (κ3) is 4.61. The van der Waals surface area contributed by atoms with Gasteiger partial charge in [-0.05, 0) is 57.8 Å². The van der Waals surface area contributed by atoms with Crippen LogP contribution in [0.5, 0.6) is 11.5 Å². The summed E-state index contributed by atoms with van der Waals surface area (Å²) in [4.78, 5) is 11.2. The van der Waals surface area contributed by atoms with Crippen LogP contribution in [0.4, 0.5) is 0 Å². The number of halogens is 1. The van der Waals surface area contributed by atoms with E-state index in [1.165, 1.54) is 13.2 Å². The third-order valence-corrected chi connectivity index (χ3v) is 4.17. The molecule has 0 aliphatic carbocycles. The van der Waals surface area contributed by atoms with E-state index in [1.807, 2.05) is 31.2 Å². The monoisotopic (exact) mass is 400 g/mol. The molecule has 0 aromatic heterocycles. The van der Waals surface area contributed by atoms with Gasteiger partial charge in [0, 0.05) is 0 Å². The van der Waals surface area contributed by atoms with Crippen LogP contribution in [0, 0.1) is 18.3 Å². The molecule has 6 heteroatoms. The van der Waals surface area contributed by atoms with Crippen molar-refractivity contribution in [2.45, 2.75) is 13.5 Å². The summed E-state index contributed by atoms with van der Waals surface area (Å²) in [5.41, 5.74) is 7.83. The molecule has 0 fully saturated rings. The van der Waals surface area contributed by atoms with Crippen LogP contribution in [-0.2, 0) is 11.4 Å². The Bertz CT molecular complexity index is 869. The first kappa shape index (κ1) is 18.6. The number of nitrogens with two attached hydrogens (primary N) is 1. The summed E-state index contributed by atoms with van der Waals surface area (Å²) < 4.78 is 11.9. The Kier molecular flexibility index (Phi) is 6.20. The lowest BCUT2D eigenvalue weighted by Gasteiger charge is -2.14. The fraction of sp³-hybridized carbons (Fsp3) is 0.158. The summed E-state index contributed by atoms with van der Waals surface area (Å²) in [7, 11) is 1.52. The van der Waals surface area contributed by atoms with Crippen molar-refractivity contribution >= 4 is 27.9 Å². The highest BCUT2D eigenvalue weighted by Gasteiger charge is 2.13. The molecule has 0 aliphatic rings. The van der Waals surface area contributed by atoms with Gasteiger partial charge >= 0.3 is 0 Å². The Morgan fingerprint density at radius 1 is 1.36 bits per heavy atom. The molecule has 0 heterocycles. The minimum absolute atomic E-state index is 0.137. The molecular formula is C19H17BrN2O3. The Hall–Kier alpha value is -2.78. The van der Waals surface area contributed by atoms with E-state index in [0.717, 1.165) is 11.1 Å². The third-order valence-electron chi connectivity index (χ3n) is 3.58. The van der Waals surface area contributed by atoms with Crippen LogP contribution in [0.2, 0.25) is 0 Å². The maximum atomic E-state index is 11.2. The normalized spacial score (nSPS) is 10.9. The molecule has 1 amide bonds. The van der Waals surface area contributed by atoms with E-state index in [0.29, 0.717) is 28.1 Å². The number of hydrogen-bond acceptors (Lipinski definition) is 4. The van der Waals surface area contributed by atoms with E-state index in [9.17, 15) is 4.79 Å². The SMILES string of the molecule is COc1cc(/C=C(\C#N)C(N)=O)cc(Br)c1OCc1ccccc1C. The zero-order valence-electron chi connectivity index (χ0n) is 13.9. The minimum Gasteiger partial charge on any atom is -0.493 e. The lowest BCUT2D eigenvalue weighted by Crippen LogP contribution is -2.12. The van der Waals surface area contributed by atoms with Gasteiger partial charge < -0.3 is 15.2 Å². The summed E-state index contributed by atoms with van der Waals surface area (Å²) in [6.45, 7) is 2.41. The highest BCUT2D eigenvalue weighted by molar-refractivity contribution is 9.10. The smallest absolute Gasteiger partial charge is 0.259 e. The highest BCUT2D eigenvalue weighted by Crippen LogP contribution is 2.37. The number of hydrogen-bond donors (Lipinski definition) is 1. The van der Waals surface area contributed by atoms with Crippen molar-refractivity contribution in [3.8, 4) is 17.6 Å². The molecule has 2 N–H and O–H groups in total. The number of benzene rings is 2. The number of carbonyl (C=O) groups excluding carboxylic acids is 1. The first-order valence-electron chi connectivity index (χ1n) is 7.42. The molecule has 5 nitrogen and oxygen atoms in total. The van der Waals surface area contributed by atoms with Gasteiger partial charge in [-0.25, -0.2) is 0 Å². The van der Waals surface area contributed by atoms with Gasteiger partial charge in [0.1, 0.15) is 18.2 Å². The first-order chi connectivity index (χ1) is 12.0. The van der Waals surface area contributed by atoms with Gasteiger partial charge in [-0.1, -0.05) is 24.3 Å². The summed E-state index contributed by atoms with van der Waals surface area (Å²) >= 11 is 3.45. The summed E-state index contributed by atoms with van der Waals surface area (Å²) in [5.74, 6) is 0.244. The number of nitrogens with zero attached hydrogens (tertiary/aromatic N) is 1. The zero-order chi connectivity index (χ0) is 18.4. The first-order valence-corrected chi connectivity index (χ1v) is 8.22. The van der Waals surface area contributed by atoms with Crippen molar-refractivity contribution in [2.24, 2.45) is 5.73 Å². The molecule has 128 valence electrons. The van der Waals surface area contributed by atoms with Crippen molar-refractivity contribution in [3.05, 3.63) is 63.1 Å². The van der Waals surface area contributed by atoms with Crippen LogP contribution < -0.4 is 15.2 Å². The second-order valence-electron chi connectivity index (χ2n) is 5.28. The predicted molar refractivity (Wildman–Crippen MR) is 99.0 cm³/mol. The van der Waals surface area contributed by atoms with Gasteiger partial charge in [-0.3, -0.25) is 4.79 Å². The van der Waals surface area contributed by atoms with Gasteiger partial charge in [0.15, 0.2) is 11.5 Å². The van der Waals surface area contributed by atoms with E-state index >= 15 is 0 Å². The Morgan fingerprint density at radius 3 is 2.68 bits per heavy atom. The average molecular weight is 401 g/mol. The molecular weight excluding hydrogens is 384 g/mol. The molecule has 0 aliphatic heterocycles. The Labute approximate surface area is 154 Å². The second-order valence-corrected chi connectivity index (χ2v) is 6.14. The quantitative estimate of drug-likeness (QED) is 0.590. The van der Waals surface area contributed by atoms with E-state index in [4.69, 9.17) is 20.5 Å². The van der Waals surface area contributed by atoms with Crippen LogP contribution >= 0.6 is 15.9 Å². The molecule has 2 aromatic carbocycles. The number of aryl methyl sites for hydroxylation is 1. The van der Waals surface area contributed by atoms with Crippen molar-refractivity contribution in [1.29, 1.82) is 5.26 Å². The summed E-state index contributed by atoms with van der Waals surface area (Å²) in [6.07, 6.45) is 1.40. The molecule has 2 aromatic rings. The van der Waals surface area contributed by atoms with Crippen molar-refractivity contribution in [2.75, 3.05) is 7.11 Å². The van der Waals surface area contributed by atoms with Crippen molar-refractivity contribution in [1.82, 2.24) is 0 Å². The number of methoxy groups -OCH3 is 1. The van der Waals surface area contributed by atoms with Crippen molar-refractivity contribution in [3.63, 3.8) is 0 Å². The van der Waals surface area contributed by atoms with Crippen molar-refractivity contribution < 1.29 is 14.3 Å². The van der Waals surface area contributed by atoms with E-state index in [2.05, 4.69) is 15.9 Å². The molecule has 0 saturated carbocycles. The molecule has 0 saturated heterocycles. The number of ether oxygens (including phenoxy) is 2. The number of nitriles is 1. The van der Waals surface area contributed by atoms with Crippen LogP contribution in [-0.4, -0.2) is 13.0 Å². The topological polar surface area (TPSA) is 85.3 Å². The maximum Gasteiger partial charge on any atom is 0.259 e. The molecule has 0 spiro atoms. The second kappa shape index (κ2) is 8.36. The zero-order valence-corrected chi connectivity index (χ0v) is 15.5. The molecule has 25 heavy (non-hydrogen) atoms. The fourth-order valence-corrected chi connectivity index (χ4v) is 2.78. The van der Waals surface area contributed by atoms with E-state index in [-0.39, 0.29) is 5.57 Å². The Balaban J connectivity index is 2.33. The predicted octanol–water partition coefficient (Wildman–Crippen LogP) is 3.74. The number of amides is 1. The largest absolute Gasteiger partial charge is 0.493 e. The molecule has 0 unspecified atom stereocenters. The van der Waals surface area contributed by atoms with Gasteiger partial charge in [0.2, 0.25) is 0 Å². The average Bonchev–Trinajstić information content (AvgIpc) is 2.59. The lowest BCUT2D eigenvalue weighted by atomic mass is 10.1. The van der Waals surface area contributed by atoms with Gasteiger partial charge in [0.05, 0.1) is 11.6 Å². The number of rotatable bonds is 6. The summed E-state index contributed by atoms with van der Waals surface area (Å²) in [5, 5.41) is 8.96. The maximum absolute atomic E-state index is 11.2. The van der Waals surface area contributed by atoms with E-state index in [1.54, 1.807) is 18.2 Å². The number of primary amides is 1. The van der Waals surface area contributed by atoms with Crippen LogP contribution in [0.3, 0.4) is 0 Å². The van der Waals surface area contributed by atoms with Crippen LogP contribution in [0.1, 0.15) is 16.7 Å². The fourth-order valence-electron chi connectivity index (χ4n) is 2.21. The lowest BCUT2D eigenvalue weighted by molar-refractivity contribution is -0.114. The minimum atomic E-state index is -0.780. The van der Waals surface area contributed by atoms with Crippen LogP contribution in [0.25, 0.3) is 6.08 Å². The van der Waals surface area contributed by atoms with Gasteiger partial charge in [0.25, 0.3) is 5.91 Å². The highest BCUT2D eigenvalue weighted by atomic mass is 79.9. The Morgan fingerprint density at radius 2 is 2.08 bits per heavy atom. The summed E-state index contributed by atoms with van der Waals surface area (Å²) in [6, 6.07) is 13.1. The standard InChI is InChI=1S/C19H17BrN2O3/c1-12-5-3-4-6-14(12)11-25-18-16(20)8-13(9-17(18)24-2)7-15(10-21)19(22)23/h3-9H,11H2,1-2H3,(H2,22,23)/b15-7+. The molecule has 0 atom stereocenters. The number of carbonyl (C=O) groups is 1. The molecule has 2 rings (SSSR count). The van der Waals surface area contributed by atoms with E-state index < -0.39 is 5.91 Å².